The van der Waals surface area contributed by atoms with Gasteiger partial charge in [0, 0.05) is 30.2 Å². The van der Waals surface area contributed by atoms with E-state index in [9.17, 15) is 0 Å². The summed E-state index contributed by atoms with van der Waals surface area (Å²) in [6.45, 7) is 4.53. The molecule has 0 atom stereocenters. The first-order valence-electron chi connectivity index (χ1n) is 4.88. The predicted octanol–water partition coefficient (Wildman–Crippen LogP) is 1.34. The molecule has 2 rings (SSSR count). The topological polar surface area (TPSA) is 56.7 Å². The Morgan fingerprint density at radius 2 is 2.20 bits per heavy atom. The molecule has 0 fully saturated rings. The lowest BCUT2D eigenvalue weighted by Gasteiger charge is -2.09. The van der Waals surface area contributed by atoms with Crippen LogP contribution in [0, 0.1) is 13.8 Å². The number of hydrogen-bond acceptors (Lipinski definition) is 3. The fourth-order valence-electron chi connectivity index (χ4n) is 1.55. The quantitative estimate of drug-likeness (QED) is 0.799. The standard InChI is InChI=1S/C11H14N4/c1-8-9(2)15(7-14-8)11-3-4-13-6-10(11)5-12/h3-4,6-7H,5,12H2,1-2H3. The molecule has 2 aromatic rings. The van der Waals surface area contributed by atoms with Gasteiger partial charge in [0.05, 0.1) is 17.7 Å². The first kappa shape index (κ1) is 9.86. The molecule has 78 valence electrons. The number of hydrogen-bond donors (Lipinski definition) is 1. The SMILES string of the molecule is Cc1ncn(-c2ccncc2CN)c1C. The maximum atomic E-state index is 5.67. The highest BCUT2D eigenvalue weighted by Crippen LogP contribution is 2.16. The molecule has 0 bridgehead atoms. The molecule has 2 N–H and O–H groups in total. The Labute approximate surface area is 88.8 Å². The van der Waals surface area contributed by atoms with E-state index >= 15 is 0 Å². The third-order valence-electron chi connectivity index (χ3n) is 2.61. The van der Waals surface area contributed by atoms with E-state index in [-0.39, 0.29) is 0 Å². The van der Waals surface area contributed by atoms with E-state index in [1.165, 1.54) is 0 Å². The molecule has 0 amide bonds. The van der Waals surface area contributed by atoms with E-state index in [0.29, 0.717) is 6.54 Å². The molecule has 4 heteroatoms. The lowest BCUT2D eigenvalue weighted by Crippen LogP contribution is -2.05. The Hall–Kier alpha value is -1.68. The number of imidazole rings is 1. The lowest BCUT2D eigenvalue weighted by molar-refractivity contribution is 0.940. The second kappa shape index (κ2) is 3.82. The van der Waals surface area contributed by atoms with Crippen molar-refractivity contribution >= 4 is 0 Å². The monoisotopic (exact) mass is 202 g/mol. The molecule has 2 heterocycles. The van der Waals surface area contributed by atoms with Crippen molar-refractivity contribution in [2.24, 2.45) is 5.73 Å². The molecular weight excluding hydrogens is 188 g/mol. The summed E-state index contributed by atoms with van der Waals surface area (Å²) in [6, 6.07) is 1.95. The fourth-order valence-corrected chi connectivity index (χ4v) is 1.55. The Balaban J connectivity index is 2.58. The van der Waals surface area contributed by atoms with Crippen LogP contribution in [0.15, 0.2) is 24.8 Å². The van der Waals surface area contributed by atoms with Crippen LogP contribution in [-0.4, -0.2) is 14.5 Å². The Bertz CT molecular complexity index is 473. The summed E-state index contributed by atoms with van der Waals surface area (Å²) < 4.78 is 2.04. The molecule has 0 unspecified atom stereocenters. The van der Waals surface area contributed by atoms with Gasteiger partial charge in [-0.1, -0.05) is 0 Å². The fraction of sp³-hybridized carbons (Fsp3) is 0.273. The minimum absolute atomic E-state index is 0.486. The van der Waals surface area contributed by atoms with Crippen molar-refractivity contribution in [2.45, 2.75) is 20.4 Å². The van der Waals surface area contributed by atoms with E-state index in [1.807, 2.05) is 30.8 Å². The number of nitrogens with zero attached hydrogens (tertiary/aromatic N) is 3. The van der Waals surface area contributed by atoms with Crippen molar-refractivity contribution in [2.75, 3.05) is 0 Å². The van der Waals surface area contributed by atoms with Crippen molar-refractivity contribution in [3.05, 3.63) is 41.7 Å². The van der Waals surface area contributed by atoms with Gasteiger partial charge in [0.15, 0.2) is 0 Å². The van der Waals surface area contributed by atoms with Crippen LogP contribution >= 0.6 is 0 Å². The van der Waals surface area contributed by atoms with Gasteiger partial charge in [0.1, 0.15) is 0 Å². The smallest absolute Gasteiger partial charge is 0.0997 e. The van der Waals surface area contributed by atoms with Gasteiger partial charge in [-0.3, -0.25) is 4.98 Å². The second-order valence-corrected chi connectivity index (χ2v) is 3.49. The second-order valence-electron chi connectivity index (χ2n) is 3.49. The summed E-state index contributed by atoms with van der Waals surface area (Å²) >= 11 is 0. The predicted molar refractivity (Wildman–Crippen MR) is 58.7 cm³/mol. The Kier molecular flexibility index (Phi) is 2.51. The third-order valence-corrected chi connectivity index (χ3v) is 2.61. The van der Waals surface area contributed by atoms with Gasteiger partial charge < -0.3 is 10.3 Å². The van der Waals surface area contributed by atoms with Gasteiger partial charge in [-0.15, -0.1) is 0 Å². The molecule has 0 saturated carbocycles. The molecule has 15 heavy (non-hydrogen) atoms. The van der Waals surface area contributed by atoms with Crippen LogP contribution in [0.2, 0.25) is 0 Å². The van der Waals surface area contributed by atoms with Crippen molar-refractivity contribution in [1.29, 1.82) is 0 Å². The summed E-state index contributed by atoms with van der Waals surface area (Å²) in [4.78, 5) is 8.33. The van der Waals surface area contributed by atoms with Gasteiger partial charge in [-0.05, 0) is 19.9 Å². The molecule has 0 radical (unpaired) electrons. The summed E-state index contributed by atoms with van der Waals surface area (Å²) in [6.07, 6.45) is 5.38. The average Bonchev–Trinajstić information content (AvgIpc) is 2.60. The molecule has 2 aromatic heterocycles. The van der Waals surface area contributed by atoms with E-state index < -0.39 is 0 Å². The van der Waals surface area contributed by atoms with Crippen molar-refractivity contribution in [3.8, 4) is 5.69 Å². The highest BCUT2D eigenvalue weighted by atomic mass is 15.1. The first-order valence-corrected chi connectivity index (χ1v) is 4.88. The third kappa shape index (κ3) is 1.64. The summed E-state index contributed by atoms with van der Waals surface area (Å²) in [5, 5.41) is 0. The van der Waals surface area contributed by atoms with E-state index in [4.69, 9.17) is 5.73 Å². The van der Waals surface area contributed by atoms with Crippen molar-refractivity contribution < 1.29 is 0 Å². The molecule has 0 aromatic carbocycles. The normalized spacial score (nSPS) is 10.6. The molecule has 0 aliphatic heterocycles. The maximum absolute atomic E-state index is 5.67. The number of aromatic nitrogens is 3. The van der Waals surface area contributed by atoms with E-state index in [1.54, 1.807) is 12.4 Å². The van der Waals surface area contributed by atoms with Crippen LogP contribution in [0.25, 0.3) is 5.69 Å². The molecule has 0 aliphatic carbocycles. The molecule has 0 aliphatic rings. The zero-order valence-corrected chi connectivity index (χ0v) is 8.94. The van der Waals surface area contributed by atoms with Gasteiger partial charge >= 0.3 is 0 Å². The van der Waals surface area contributed by atoms with Crippen molar-refractivity contribution in [3.63, 3.8) is 0 Å². The zero-order chi connectivity index (χ0) is 10.8. The Morgan fingerprint density at radius 1 is 1.40 bits per heavy atom. The number of pyridine rings is 1. The minimum Gasteiger partial charge on any atom is -0.326 e. The number of rotatable bonds is 2. The van der Waals surface area contributed by atoms with Gasteiger partial charge in [0.25, 0.3) is 0 Å². The molecule has 4 nitrogen and oxygen atoms in total. The zero-order valence-electron chi connectivity index (χ0n) is 8.94. The van der Waals surface area contributed by atoms with Crippen LogP contribution in [0.5, 0.6) is 0 Å². The molecule has 0 spiro atoms. The van der Waals surface area contributed by atoms with E-state index in [0.717, 1.165) is 22.6 Å². The van der Waals surface area contributed by atoms with Gasteiger partial charge in [-0.2, -0.15) is 0 Å². The summed E-state index contributed by atoms with van der Waals surface area (Å²) in [5.41, 5.74) is 9.93. The lowest BCUT2D eigenvalue weighted by atomic mass is 10.2. The van der Waals surface area contributed by atoms with E-state index in [2.05, 4.69) is 9.97 Å². The van der Waals surface area contributed by atoms with Crippen LogP contribution in [-0.2, 0) is 6.54 Å². The van der Waals surface area contributed by atoms with Crippen LogP contribution in [0.3, 0.4) is 0 Å². The number of nitrogens with two attached hydrogens (primary N) is 1. The van der Waals surface area contributed by atoms with Crippen LogP contribution in [0.4, 0.5) is 0 Å². The highest BCUT2D eigenvalue weighted by Gasteiger charge is 2.07. The number of aryl methyl sites for hydroxylation is 1. The summed E-state index contributed by atoms with van der Waals surface area (Å²) in [7, 11) is 0. The average molecular weight is 202 g/mol. The molecular formula is C11H14N4. The van der Waals surface area contributed by atoms with Crippen LogP contribution in [0.1, 0.15) is 17.0 Å². The summed E-state index contributed by atoms with van der Waals surface area (Å²) in [5.74, 6) is 0. The largest absolute Gasteiger partial charge is 0.326 e. The van der Waals surface area contributed by atoms with Crippen LogP contribution < -0.4 is 5.73 Å². The van der Waals surface area contributed by atoms with Gasteiger partial charge in [-0.25, -0.2) is 4.98 Å². The molecule has 0 saturated heterocycles. The first-order chi connectivity index (χ1) is 7.24. The Morgan fingerprint density at radius 3 is 2.80 bits per heavy atom. The highest BCUT2D eigenvalue weighted by molar-refractivity contribution is 5.40. The maximum Gasteiger partial charge on any atom is 0.0997 e. The van der Waals surface area contributed by atoms with Crippen molar-refractivity contribution in [1.82, 2.24) is 14.5 Å². The minimum atomic E-state index is 0.486. The van der Waals surface area contributed by atoms with Gasteiger partial charge in [0.2, 0.25) is 0 Å².